The summed E-state index contributed by atoms with van der Waals surface area (Å²) in [5.41, 5.74) is 2.94. The van der Waals surface area contributed by atoms with Crippen molar-refractivity contribution < 1.29 is 33.1 Å². The van der Waals surface area contributed by atoms with Crippen molar-refractivity contribution in [2.24, 2.45) is 11.8 Å². The van der Waals surface area contributed by atoms with Crippen LogP contribution < -0.4 is 26.0 Å². The molecule has 5 atom stereocenters. The Kier molecular flexibility index (Phi) is 8.09. The average molecular weight is 703 g/mol. The number of carbonyl (C=O) groups is 3. The Labute approximate surface area is 299 Å². The summed E-state index contributed by atoms with van der Waals surface area (Å²) < 4.78 is 19.4. The highest BCUT2D eigenvalue weighted by atomic mass is 16.5. The largest absolute Gasteiger partial charge is 0.469 e. The van der Waals surface area contributed by atoms with Gasteiger partial charge in [-0.25, -0.2) is 9.97 Å². The van der Waals surface area contributed by atoms with Crippen LogP contribution in [-0.4, -0.2) is 51.2 Å². The molecule has 0 aliphatic carbocycles. The lowest BCUT2D eigenvalue weighted by atomic mass is 9.72. The standard InChI is InChI=1S/C39H38N6O7/c1-19(2)29-37-45-30(36-42-27(18-50-36)34(48)40-22-10-6-5-7-11-22)32(52-37)39-23-12-8-9-13-25(23)43-38(39)51-28-15-14-21(16-24(28)39)17-26(33(47)44-29)41-35(49)31(46)20(3)4/h5-16,18-20,26,29,31,38,43,46H,17H2,1-4H3,(H,40,48)(H,41,49)(H,44,47)/t26?,29-,31-,38?,39?/m0/s1. The smallest absolute Gasteiger partial charge is 0.277 e. The zero-order valence-corrected chi connectivity index (χ0v) is 29.0. The van der Waals surface area contributed by atoms with Gasteiger partial charge < -0.3 is 39.9 Å². The van der Waals surface area contributed by atoms with E-state index in [1.165, 1.54) is 6.26 Å². The Morgan fingerprint density at radius 2 is 1.73 bits per heavy atom. The van der Waals surface area contributed by atoms with Crippen LogP contribution in [0, 0.1) is 11.8 Å². The number of amides is 3. The van der Waals surface area contributed by atoms with Crippen molar-refractivity contribution in [1.82, 2.24) is 20.6 Å². The van der Waals surface area contributed by atoms with Crippen LogP contribution in [-0.2, 0) is 21.4 Å². The van der Waals surface area contributed by atoms with Gasteiger partial charge in [-0.1, -0.05) is 76.2 Å². The summed E-state index contributed by atoms with van der Waals surface area (Å²) in [6, 6.07) is 20.7. The minimum Gasteiger partial charge on any atom is -0.469 e. The van der Waals surface area contributed by atoms with Crippen molar-refractivity contribution in [1.29, 1.82) is 0 Å². The zero-order chi connectivity index (χ0) is 36.3. The van der Waals surface area contributed by atoms with E-state index in [1.54, 1.807) is 26.0 Å². The lowest BCUT2D eigenvalue weighted by Gasteiger charge is -2.29. The van der Waals surface area contributed by atoms with Crippen molar-refractivity contribution in [3.05, 3.63) is 113 Å². The summed E-state index contributed by atoms with van der Waals surface area (Å²) in [7, 11) is 0. The molecule has 5 aromatic rings. The molecule has 52 heavy (non-hydrogen) atoms. The highest BCUT2D eigenvalue weighted by Crippen LogP contribution is 2.59. The molecule has 0 radical (unpaired) electrons. The summed E-state index contributed by atoms with van der Waals surface area (Å²) >= 11 is 0. The predicted molar refractivity (Wildman–Crippen MR) is 189 cm³/mol. The van der Waals surface area contributed by atoms with E-state index in [4.69, 9.17) is 18.6 Å². The van der Waals surface area contributed by atoms with E-state index in [2.05, 4.69) is 26.3 Å². The Morgan fingerprint density at radius 1 is 0.962 bits per heavy atom. The van der Waals surface area contributed by atoms with Gasteiger partial charge in [-0.3, -0.25) is 14.4 Å². The second-order valence-corrected chi connectivity index (χ2v) is 14.1. The molecule has 5 heterocycles. The van der Waals surface area contributed by atoms with E-state index in [9.17, 15) is 19.5 Å². The lowest BCUT2D eigenvalue weighted by molar-refractivity contribution is -0.135. The van der Waals surface area contributed by atoms with Crippen LogP contribution >= 0.6 is 0 Å². The van der Waals surface area contributed by atoms with Gasteiger partial charge in [0.25, 0.3) is 5.91 Å². The van der Waals surface area contributed by atoms with Crippen molar-refractivity contribution in [3.63, 3.8) is 0 Å². The van der Waals surface area contributed by atoms with Gasteiger partial charge in [-0.2, -0.15) is 0 Å². The highest BCUT2D eigenvalue weighted by molar-refractivity contribution is 6.03. The summed E-state index contributed by atoms with van der Waals surface area (Å²) in [6.07, 6.45) is -0.564. The number of hydrogen-bond donors (Lipinski definition) is 5. The first-order chi connectivity index (χ1) is 25.0. The molecule has 4 bridgehead atoms. The third-order valence-corrected chi connectivity index (χ3v) is 9.92. The number of anilines is 2. The first kappa shape index (κ1) is 33.2. The van der Waals surface area contributed by atoms with E-state index in [0.29, 0.717) is 17.2 Å². The van der Waals surface area contributed by atoms with Crippen LogP contribution in [0.2, 0.25) is 0 Å². The number of aliphatic hydroxyl groups is 1. The quantitative estimate of drug-likeness (QED) is 0.156. The molecule has 0 fully saturated rings. The number of para-hydroxylation sites is 2. The third kappa shape index (κ3) is 5.39. The number of hydrogen-bond acceptors (Lipinski definition) is 10. The number of benzene rings is 3. The number of rotatable bonds is 7. The summed E-state index contributed by atoms with van der Waals surface area (Å²) in [6.45, 7) is 7.30. The first-order valence-corrected chi connectivity index (χ1v) is 17.3. The molecular weight excluding hydrogens is 664 g/mol. The van der Waals surface area contributed by atoms with Crippen molar-refractivity contribution in [3.8, 4) is 17.3 Å². The topological polar surface area (TPSA) is 181 Å². The number of carbonyl (C=O) groups excluding carboxylic acids is 3. The van der Waals surface area contributed by atoms with Gasteiger partial charge in [-0.05, 0) is 47.2 Å². The molecule has 8 rings (SSSR count). The molecule has 3 unspecified atom stereocenters. The molecule has 3 amide bonds. The van der Waals surface area contributed by atoms with Crippen LogP contribution in [0.25, 0.3) is 11.6 Å². The predicted octanol–water partition coefficient (Wildman–Crippen LogP) is 4.93. The van der Waals surface area contributed by atoms with E-state index >= 15 is 0 Å². The Morgan fingerprint density at radius 3 is 2.50 bits per heavy atom. The fraction of sp³-hybridized carbons (Fsp3) is 0.308. The molecule has 13 heteroatoms. The van der Waals surface area contributed by atoms with Crippen molar-refractivity contribution in [2.75, 3.05) is 10.6 Å². The molecule has 3 aliphatic heterocycles. The maximum Gasteiger partial charge on any atom is 0.277 e. The second kappa shape index (κ2) is 12.7. The van der Waals surface area contributed by atoms with Crippen LogP contribution in [0.5, 0.6) is 5.75 Å². The minimum absolute atomic E-state index is 0.0347. The SMILES string of the molecule is CC(C)[C@H](O)C(=O)NC1Cc2ccc3c(c2)C2(c4ccccc4NC2O3)c2oc(nc2-c2nc(C(=O)Nc3ccccc3)co2)[C@H](C(C)C)NC1=O. The van der Waals surface area contributed by atoms with Gasteiger partial charge in [-0.15, -0.1) is 0 Å². The van der Waals surface area contributed by atoms with Crippen LogP contribution in [0.1, 0.15) is 72.6 Å². The maximum atomic E-state index is 14.1. The van der Waals surface area contributed by atoms with Crippen LogP contribution in [0.3, 0.4) is 0 Å². The number of aromatic nitrogens is 2. The number of nitrogens with zero attached hydrogens (tertiary/aromatic N) is 2. The summed E-state index contributed by atoms with van der Waals surface area (Å²) in [4.78, 5) is 50.0. The van der Waals surface area contributed by atoms with Gasteiger partial charge >= 0.3 is 0 Å². The minimum atomic E-state index is -1.30. The van der Waals surface area contributed by atoms with Crippen LogP contribution in [0.4, 0.5) is 11.4 Å². The molecule has 5 N–H and O–H groups in total. The van der Waals surface area contributed by atoms with Crippen molar-refractivity contribution in [2.45, 2.75) is 63.9 Å². The number of ether oxygens (including phenoxy) is 1. The van der Waals surface area contributed by atoms with Gasteiger partial charge in [0.2, 0.25) is 23.6 Å². The monoisotopic (exact) mass is 702 g/mol. The number of oxazole rings is 2. The van der Waals surface area contributed by atoms with Crippen LogP contribution in [0.15, 0.2) is 87.9 Å². The molecule has 13 nitrogen and oxygen atoms in total. The molecule has 1 spiro atoms. The molecule has 3 aromatic carbocycles. The normalized spacial score (nSPS) is 21.9. The molecule has 0 saturated carbocycles. The molecule has 3 aliphatic rings. The lowest BCUT2D eigenvalue weighted by Crippen LogP contribution is -2.52. The maximum absolute atomic E-state index is 14.1. The zero-order valence-electron chi connectivity index (χ0n) is 29.0. The fourth-order valence-electron chi connectivity index (χ4n) is 7.21. The molecule has 266 valence electrons. The molecule has 2 aromatic heterocycles. The average Bonchev–Trinajstić information content (AvgIpc) is 3.91. The van der Waals surface area contributed by atoms with E-state index in [1.807, 2.05) is 74.5 Å². The highest BCUT2D eigenvalue weighted by Gasteiger charge is 2.61. The molecule has 0 saturated heterocycles. The van der Waals surface area contributed by atoms with Gasteiger partial charge in [0.05, 0.1) is 0 Å². The summed E-state index contributed by atoms with van der Waals surface area (Å²) in [5, 5.41) is 22.7. The van der Waals surface area contributed by atoms with E-state index in [-0.39, 0.29) is 41.4 Å². The third-order valence-electron chi connectivity index (χ3n) is 9.92. The molecular formula is C39H38N6O7. The van der Waals surface area contributed by atoms with Gasteiger partial charge in [0.1, 0.15) is 35.6 Å². The fourth-order valence-corrected chi connectivity index (χ4v) is 7.21. The van der Waals surface area contributed by atoms with E-state index < -0.39 is 47.6 Å². The number of nitrogens with one attached hydrogen (secondary N) is 4. The Hall–Kier alpha value is -5.95. The Bertz CT molecular complexity index is 2190. The Balaban J connectivity index is 1.31. The number of fused-ring (bicyclic) bond motifs is 4. The van der Waals surface area contributed by atoms with E-state index in [0.717, 1.165) is 22.4 Å². The number of aliphatic hydroxyl groups excluding tert-OH is 1. The van der Waals surface area contributed by atoms with Gasteiger partial charge in [0.15, 0.2) is 23.4 Å². The summed E-state index contributed by atoms with van der Waals surface area (Å²) in [5.74, 6) is -0.993. The second-order valence-electron chi connectivity index (χ2n) is 14.1. The van der Waals surface area contributed by atoms with Gasteiger partial charge in [0, 0.05) is 23.4 Å². The first-order valence-electron chi connectivity index (χ1n) is 17.3. The van der Waals surface area contributed by atoms with Crippen molar-refractivity contribution >= 4 is 29.1 Å².